The largest absolute Gasteiger partial charge is 0.372 e. The van der Waals surface area contributed by atoms with Crippen LogP contribution in [-0.4, -0.2) is 19.6 Å². The molecule has 0 aromatic heterocycles. The third-order valence-corrected chi connectivity index (χ3v) is 3.07. The molecule has 1 aromatic rings. The quantitative estimate of drug-likeness (QED) is 0.830. The van der Waals surface area contributed by atoms with Crippen LogP contribution in [0.25, 0.3) is 0 Å². The molecule has 0 radical (unpaired) electrons. The van der Waals surface area contributed by atoms with Crippen LogP contribution in [0.2, 0.25) is 0 Å². The molecule has 0 unspecified atom stereocenters. The van der Waals surface area contributed by atoms with Crippen LogP contribution in [-0.2, 0) is 0 Å². The van der Waals surface area contributed by atoms with Gasteiger partial charge in [0.05, 0.1) is 0 Å². The summed E-state index contributed by atoms with van der Waals surface area (Å²) in [7, 11) is 0. The minimum absolute atomic E-state index is 0.745. The van der Waals surface area contributed by atoms with Gasteiger partial charge in [0.2, 0.25) is 0 Å². The van der Waals surface area contributed by atoms with Gasteiger partial charge in [0.15, 0.2) is 0 Å². The molecule has 2 rings (SSSR count). The van der Waals surface area contributed by atoms with Crippen molar-refractivity contribution in [1.82, 2.24) is 0 Å². The maximum Gasteiger partial charge on any atom is 0.0366 e. The first-order valence-electron chi connectivity index (χ1n) is 6.40. The van der Waals surface area contributed by atoms with Gasteiger partial charge in [-0.1, -0.05) is 32.0 Å². The van der Waals surface area contributed by atoms with Gasteiger partial charge in [0.1, 0.15) is 0 Å². The first-order chi connectivity index (χ1) is 7.90. The Balaban J connectivity index is 0.000000606. The Labute approximate surface area is 99.5 Å². The van der Waals surface area contributed by atoms with Crippen molar-refractivity contribution in [3.63, 3.8) is 0 Å². The van der Waals surface area contributed by atoms with Crippen molar-refractivity contribution >= 4 is 5.69 Å². The molecule has 0 bridgehead atoms. The fraction of sp³-hybridized carbons (Fsp3) is 0.571. The molecular formula is C14H24N2. The van der Waals surface area contributed by atoms with E-state index in [4.69, 9.17) is 5.73 Å². The Morgan fingerprint density at radius 2 is 1.69 bits per heavy atom. The van der Waals surface area contributed by atoms with Crippen LogP contribution in [0.15, 0.2) is 30.3 Å². The molecule has 1 aromatic carbocycles. The zero-order chi connectivity index (χ0) is 11.8. The summed E-state index contributed by atoms with van der Waals surface area (Å²) in [6, 6.07) is 10.6. The lowest BCUT2D eigenvalue weighted by molar-refractivity contribution is 0.414. The average Bonchev–Trinajstić information content (AvgIpc) is 2.42. The maximum atomic E-state index is 5.67. The van der Waals surface area contributed by atoms with Gasteiger partial charge in [-0.05, 0) is 37.4 Å². The van der Waals surface area contributed by atoms with E-state index in [2.05, 4.69) is 35.2 Å². The van der Waals surface area contributed by atoms with Gasteiger partial charge >= 0.3 is 0 Å². The Morgan fingerprint density at radius 3 is 2.19 bits per heavy atom. The number of benzene rings is 1. The van der Waals surface area contributed by atoms with E-state index in [1.807, 2.05) is 13.8 Å². The standard InChI is InChI=1S/C12H18N2.C2H6/c13-10-11-6-8-14(9-7-11)12-4-2-1-3-5-12;1-2/h1-5,11H,6-10,13H2;1-2H3. The summed E-state index contributed by atoms with van der Waals surface area (Å²) in [6.07, 6.45) is 2.48. The van der Waals surface area contributed by atoms with Gasteiger partial charge in [-0.25, -0.2) is 0 Å². The normalized spacial score (nSPS) is 16.6. The molecule has 2 heteroatoms. The lowest BCUT2D eigenvalue weighted by atomic mass is 9.97. The van der Waals surface area contributed by atoms with Gasteiger partial charge in [-0.15, -0.1) is 0 Å². The molecule has 0 aliphatic carbocycles. The lowest BCUT2D eigenvalue weighted by Gasteiger charge is -2.33. The minimum atomic E-state index is 0.745. The number of hydrogen-bond donors (Lipinski definition) is 1. The second-order valence-electron chi connectivity index (χ2n) is 4.00. The van der Waals surface area contributed by atoms with Crippen molar-refractivity contribution in [2.75, 3.05) is 24.5 Å². The van der Waals surface area contributed by atoms with E-state index >= 15 is 0 Å². The molecule has 1 fully saturated rings. The molecule has 1 aliphatic rings. The van der Waals surface area contributed by atoms with Gasteiger partial charge in [0, 0.05) is 18.8 Å². The van der Waals surface area contributed by atoms with Crippen LogP contribution in [0.1, 0.15) is 26.7 Å². The van der Waals surface area contributed by atoms with Crippen LogP contribution >= 0.6 is 0 Å². The molecular weight excluding hydrogens is 196 g/mol. The highest BCUT2D eigenvalue weighted by molar-refractivity contribution is 5.46. The average molecular weight is 220 g/mol. The van der Waals surface area contributed by atoms with Crippen LogP contribution in [0, 0.1) is 5.92 Å². The van der Waals surface area contributed by atoms with E-state index in [0.717, 1.165) is 25.6 Å². The number of para-hydroxylation sites is 1. The Hall–Kier alpha value is -1.02. The first kappa shape index (κ1) is 13.0. The smallest absolute Gasteiger partial charge is 0.0366 e. The Bertz CT molecular complexity index is 263. The molecule has 0 saturated carbocycles. The van der Waals surface area contributed by atoms with Crippen LogP contribution in [0.3, 0.4) is 0 Å². The predicted molar refractivity (Wildman–Crippen MR) is 71.8 cm³/mol. The SMILES string of the molecule is CC.NCC1CCN(c2ccccc2)CC1. The Kier molecular flexibility index (Phi) is 5.94. The number of rotatable bonds is 2. The first-order valence-corrected chi connectivity index (χ1v) is 6.40. The van der Waals surface area contributed by atoms with E-state index in [-0.39, 0.29) is 0 Å². The molecule has 1 saturated heterocycles. The molecule has 2 N–H and O–H groups in total. The number of nitrogens with two attached hydrogens (primary N) is 1. The predicted octanol–water partition coefficient (Wildman–Crippen LogP) is 2.89. The molecule has 90 valence electrons. The summed E-state index contributed by atoms with van der Waals surface area (Å²) in [5.41, 5.74) is 7.02. The fourth-order valence-corrected chi connectivity index (χ4v) is 2.07. The maximum absolute atomic E-state index is 5.67. The van der Waals surface area contributed by atoms with Crippen LogP contribution in [0.4, 0.5) is 5.69 Å². The van der Waals surface area contributed by atoms with Crippen molar-refractivity contribution < 1.29 is 0 Å². The zero-order valence-corrected chi connectivity index (χ0v) is 10.5. The minimum Gasteiger partial charge on any atom is -0.372 e. The van der Waals surface area contributed by atoms with Crippen molar-refractivity contribution in [1.29, 1.82) is 0 Å². The molecule has 1 aliphatic heterocycles. The summed E-state index contributed by atoms with van der Waals surface area (Å²) in [6.45, 7) is 7.17. The van der Waals surface area contributed by atoms with Gasteiger partial charge in [-0.2, -0.15) is 0 Å². The number of anilines is 1. The number of hydrogen-bond acceptors (Lipinski definition) is 2. The van der Waals surface area contributed by atoms with E-state index in [9.17, 15) is 0 Å². The lowest BCUT2D eigenvalue weighted by Crippen LogP contribution is -2.35. The molecule has 0 atom stereocenters. The summed E-state index contributed by atoms with van der Waals surface area (Å²) in [5, 5.41) is 0. The van der Waals surface area contributed by atoms with Gasteiger partial charge < -0.3 is 10.6 Å². The molecule has 1 heterocycles. The monoisotopic (exact) mass is 220 g/mol. The van der Waals surface area contributed by atoms with E-state index < -0.39 is 0 Å². The molecule has 2 nitrogen and oxygen atoms in total. The van der Waals surface area contributed by atoms with Crippen molar-refractivity contribution in [2.24, 2.45) is 11.7 Å². The third kappa shape index (κ3) is 3.53. The molecule has 0 amide bonds. The summed E-state index contributed by atoms with van der Waals surface area (Å²) < 4.78 is 0. The molecule has 0 spiro atoms. The summed E-state index contributed by atoms with van der Waals surface area (Å²) in [5.74, 6) is 0.745. The van der Waals surface area contributed by atoms with Crippen LogP contribution in [0.5, 0.6) is 0 Å². The third-order valence-electron chi connectivity index (χ3n) is 3.07. The highest BCUT2D eigenvalue weighted by Crippen LogP contribution is 2.21. The number of nitrogens with zero attached hydrogens (tertiary/aromatic N) is 1. The topological polar surface area (TPSA) is 29.3 Å². The van der Waals surface area contributed by atoms with Gasteiger partial charge in [0.25, 0.3) is 0 Å². The summed E-state index contributed by atoms with van der Waals surface area (Å²) >= 11 is 0. The van der Waals surface area contributed by atoms with Crippen molar-refractivity contribution in [3.8, 4) is 0 Å². The van der Waals surface area contributed by atoms with Crippen molar-refractivity contribution in [3.05, 3.63) is 30.3 Å². The fourth-order valence-electron chi connectivity index (χ4n) is 2.07. The zero-order valence-electron chi connectivity index (χ0n) is 10.5. The van der Waals surface area contributed by atoms with Gasteiger partial charge in [-0.3, -0.25) is 0 Å². The van der Waals surface area contributed by atoms with E-state index in [1.54, 1.807) is 0 Å². The Morgan fingerprint density at radius 1 is 1.12 bits per heavy atom. The van der Waals surface area contributed by atoms with E-state index in [1.165, 1.54) is 18.5 Å². The second-order valence-corrected chi connectivity index (χ2v) is 4.00. The molecule has 16 heavy (non-hydrogen) atoms. The second kappa shape index (κ2) is 7.29. The summed E-state index contributed by atoms with van der Waals surface area (Å²) in [4.78, 5) is 2.45. The van der Waals surface area contributed by atoms with Crippen LogP contribution < -0.4 is 10.6 Å². The number of piperidine rings is 1. The highest BCUT2D eigenvalue weighted by atomic mass is 15.1. The van der Waals surface area contributed by atoms with E-state index in [0.29, 0.717) is 0 Å². The van der Waals surface area contributed by atoms with Crippen molar-refractivity contribution in [2.45, 2.75) is 26.7 Å². The highest BCUT2D eigenvalue weighted by Gasteiger charge is 2.17.